The molecule has 0 saturated heterocycles. The summed E-state index contributed by atoms with van der Waals surface area (Å²) in [6.45, 7) is -0.384. The minimum absolute atomic E-state index is 0.0544. The van der Waals surface area contributed by atoms with Crippen molar-refractivity contribution < 1.29 is 45.7 Å². The Morgan fingerprint density at radius 2 is 1.10 bits per heavy atom. The Morgan fingerprint density at radius 1 is 0.646 bits per heavy atom. The molecule has 0 aliphatic carbocycles. The van der Waals surface area contributed by atoms with Gasteiger partial charge in [0, 0.05) is 33.0 Å². The standard InChI is InChI=1S/C17H11ClF3NO2.C17H9ClF3NO2/c2*18-13-6-3-4-10-8-11(9-23)15(22-16(10)13)12-5-1-2-7-14(12)24-17(19,20)21/h1-8,23H,9H2;1-9H. The zero-order chi connectivity index (χ0) is 34.6. The molecule has 246 valence electrons. The van der Waals surface area contributed by atoms with Crippen LogP contribution in [0.3, 0.4) is 0 Å². The van der Waals surface area contributed by atoms with E-state index in [1.165, 1.54) is 42.5 Å². The number of ether oxygens (including phenoxy) is 2. The van der Waals surface area contributed by atoms with Crippen molar-refractivity contribution in [1.29, 1.82) is 0 Å². The summed E-state index contributed by atoms with van der Waals surface area (Å²) in [4.78, 5) is 20.1. The number of hydrogen-bond acceptors (Lipinski definition) is 6. The van der Waals surface area contributed by atoms with Crippen molar-refractivity contribution in [3.05, 3.63) is 118 Å². The molecule has 0 unspecified atom stereocenters. The van der Waals surface area contributed by atoms with Crippen molar-refractivity contribution in [2.45, 2.75) is 19.3 Å². The minimum Gasteiger partial charge on any atom is -0.405 e. The lowest BCUT2D eigenvalue weighted by Crippen LogP contribution is -2.17. The third-order valence-corrected chi connectivity index (χ3v) is 7.34. The van der Waals surface area contributed by atoms with Crippen LogP contribution in [0.5, 0.6) is 11.5 Å². The van der Waals surface area contributed by atoms with Gasteiger partial charge in [0.05, 0.1) is 39.1 Å². The number of carbonyl (C=O) groups excluding carboxylic acids is 1. The van der Waals surface area contributed by atoms with Gasteiger partial charge < -0.3 is 14.6 Å². The third-order valence-electron chi connectivity index (χ3n) is 6.73. The molecule has 0 aliphatic heterocycles. The second-order valence-electron chi connectivity index (χ2n) is 9.91. The van der Waals surface area contributed by atoms with Crippen LogP contribution in [0, 0.1) is 0 Å². The monoisotopic (exact) mass is 704 g/mol. The normalized spacial score (nSPS) is 11.6. The van der Waals surface area contributed by atoms with E-state index in [1.54, 1.807) is 48.5 Å². The predicted octanol–water partition coefficient (Wildman–Crippen LogP) is 10.2. The molecule has 6 nitrogen and oxygen atoms in total. The Labute approximate surface area is 278 Å². The van der Waals surface area contributed by atoms with E-state index in [9.17, 15) is 36.2 Å². The first-order chi connectivity index (χ1) is 22.8. The first-order valence-corrected chi connectivity index (χ1v) is 14.5. The zero-order valence-electron chi connectivity index (χ0n) is 24.1. The van der Waals surface area contributed by atoms with Crippen molar-refractivity contribution in [3.8, 4) is 34.0 Å². The number of benzene rings is 4. The highest BCUT2D eigenvalue weighted by Gasteiger charge is 2.33. The van der Waals surface area contributed by atoms with E-state index < -0.39 is 24.2 Å². The van der Waals surface area contributed by atoms with Crippen molar-refractivity contribution in [2.75, 3.05) is 0 Å². The Morgan fingerprint density at radius 3 is 1.58 bits per heavy atom. The molecule has 14 heteroatoms. The van der Waals surface area contributed by atoms with E-state index in [0.29, 0.717) is 43.7 Å². The summed E-state index contributed by atoms with van der Waals surface area (Å²) in [5, 5.41) is 11.6. The van der Waals surface area contributed by atoms with Crippen LogP contribution in [0.25, 0.3) is 44.3 Å². The van der Waals surface area contributed by atoms with Crippen LogP contribution in [-0.4, -0.2) is 34.1 Å². The fourth-order valence-electron chi connectivity index (χ4n) is 4.80. The molecule has 0 amide bonds. The number of alkyl halides is 6. The molecule has 0 bridgehead atoms. The smallest absolute Gasteiger partial charge is 0.405 e. The maximum atomic E-state index is 12.6. The molecule has 1 N–H and O–H groups in total. The van der Waals surface area contributed by atoms with Gasteiger partial charge in [0.15, 0.2) is 6.29 Å². The number of fused-ring (bicyclic) bond motifs is 2. The van der Waals surface area contributed by atoms with Gasteiger partial charge >= 0.3 is 12.7 Å². The van der Waals surface area contributed by atoms with Gasteiger partial charge in [-0.3, -0.25) is 4.79 Å². The topological polar surface area (TPSA) is 81.5 Å². The molecule has 6 aromatic rings. The number of rotatable bonds is 6. The number of aliphatic hydroxyl groups excluding tert-OH is 1. The maximum absolute atomic E-state index is 12.6. The van der Waals surface area contributed by atoms with Crippen LogP contribution in [-0.2, 0) is 6.61 Å². The highest BCUT2D eigenvalue weighted by atomic mass is 35.5. The summed E-state index contributed by atoms with van der Waals surface area (Å²) >= 11 is 12.2. The average Bonchev–Trinajstić information content (AvgIpc) is 3.03. The summed E-state index contributed by atoms with van der Waals surface area (Å²) in [6.07, 6.45) is -9.15. The summed E-state index contributed by atoms with van der Waals surface area (Å²) in [5.41, 5.74) is 1.79. The maximum Gasteiger partial charge on any atom is 0.573 e. The number of halogens is 8. The number of para-hydroxylation sites is 4. The van der Waals surface area contributed by atoms with Gasteiger partial charge in [-0.05, 0) is 48.5 Å². The number of carbonyl (C=O) groups is 1. The molecule has 0 saturated carbocycles. The van der Waals surface area contributed by atoms with Crippen LogP contribution in [0.4, 0.5) is 26.3 Å². The second kappa shape index (κ2) is 14.1. The molecule has 4 aromatic carbocycles. The number of pyridine rings is 2. The fourth-order valence-corrected chi connectivity index (χ4v) is 5.24. The SMILES string of the molecule is O=Cc1cc2cccc(Cl)c2nc1-c1ccccc1OC(F)(F)F.OCc1cc2cccc(Cl)c2nc1-c1ccccc1OC(F)(F)F. The van der Waals surface area contributed by atoms with Gasteiger partial charge in [-0.25, -0.2) is 9.97 Å². The molecule has 0 aliphatic rings. The second-order valence-corrected chi connectivity index (χ2v) is 10.7. The number of aliphatic hydroxyl groups is 1. The average molecular weight is 705 g/mol. The Hall–Kier alpha value is -4.91. The zero-order valence-corrected chi connectivity index (χ0v) is 25.6. The molecule has 2 aromatic heterocycles. The van der Waals surface area contributed by atoms with Crippen LogP contribution in [0.2, 0.25) is 10.0 Å². The number of aromatic nitrogens is 2. The Bertz CT molecular complexity index is 2120. The number of aldehydes is 1. The summed E-state index contributed by atoms with van der Waals surface area (Å²) in [7, 11) is 0. The van der Waals surface area contributed by atoms with Crippen LogP contribution >= 0.6 is 23.2 Å². The van der Waals surface area contributed by atoms with E-state index in [4.69, 9.17) is 23.2 Å². The summed E-state index contributed by atoms with van der Waals surface area (Å²) in [5.74, 6) is -0.828. The van der Waals surface area contributed by atoms with E-state index in [2.05, 4.69) is 19.4 Å². The van der Waals surface area contributed by atoms with Crippen molar-refractivity contribution in [3.63, 3.8) is 0 Å². The molecule has 0 radical (unpaired) electrons. The van der Waals surface area contributed by atoms with Gasteiger partial charge in [-0.2, -0.15) is 0 Å². The first-order valence-electron chi connectivity index (χ1n) is 13.7. The molecule has 0 fully saturated rings. The van der Waals surface area contributed by atoms with Crippen LogP contribution in [0.15, 0.2) is 97.1 Å². The van der Waals surface area contributed by atoms with Gasteiger partial charge in [0.25, 0.3) is 0 Å². The lowest BCUT2D eigenvalue weighted by molar-refractivity contribution is -0.275. The molecule has 0 spiro atoms. The van der Waals surface area contributed by atoms with E-state index >= 15 is 0 Å². The Kier molecular flexibility index (Phi) is 10.1. The van der Waals surface area contributed by atoms with Gasteiger partial charge in [-0.15, -0.1) is 26.3 Å². The van der Waals surface area contributed by atoms with Crippen LogP contribution in [0.1, 0.15) is 15.9 Å². The van der Waals surface area contributed by atoms with Crippen LogP contribution < -0.4 is 9.47 Å². The lowest BCUT2D eigenvalue weighted by Gasteiger charge is -2.15. The minimum atomic E-state index is -4.86. The lowest BCUT2D eigenvalue weighted by atomic mass is 10.0. The molecular formula is C34H20Cl2F6N2O4. The number of nitrogens with zero attached hydrogens (tertiary/aromatic N) is 2. The molecular weight excluding hydrogens is 685 g/mol. The largest absolute Gasteiger partial charge is 0.573 e. The molecule has 48 heavy (non-hydrogen) atoms. The fraction of sp³-hybridized carbons (Fsp3) is 0.0882. The quantitative estimate of drug-likeness (QED) is 0.137. The van der Waals surface area contributed by atoms with Gasteiger partial charge in [-0.1, -0.05) is 71.7 Å². The van der Waals surface area contributed by atoms with Crippen molar-refractivity contribution in [1.82, 2.24) is 9.97 Å². The third kappa shape index (κ3) is 7.96. The predicted molar refractivity (Wildman–Crippen MR) is 169 cm³/mol. The van der Waals surface area contributed by atoms with E-state index in [-0.39, 0.29) is 34.7 Å². The highest BCUT2D eigenvalue weighted by Crippen LogP contribution is 2.38. The van der Waals surface area contributed by atoms with Crippen molar-refractivity contribution >= 4 is 51.3 Å². The summed E-state index contributed by atoms with van der Waals surface area (Å²) in [6, 6.07) is 24.5. The van der Waals surface area contributed by atoms with Gasteiger partial charge in [0.1, 0.15) is 11.5 Å². The molecule has 0 atom stereocenters. The van der Waals surface area contributed by atoms with Crippen molar-refractivity contribution in [2.24, 2.45) is 0 Å². The highest BCUT2D eigenvalue weighted by molar-refractivity contribution is 6.35. The molecule has 2 heterocycles. The van der Waals surface area contributed by atoms with E-state index in [0.717, 1.165) is 6.07 Å². The Balaban J connectivity index is 0.000000188. The summed E-state index contributed by atoms with van der Waals surface area (Å²) < 4.78 is 83.8. The first kappa shape index (κ1) is 34.4. The van der Waals surface area contributed by atoms with Gasteiger partial charge in [0.2, 0.25) is 0 Å². The number of hydrogen-bond donors (Lipinski definition) is 1. The van der Waals surface area contributed by atoms with E-state index in [1.807, 2.05) is 0 Å². The molecule has 6 rings (SSSR count).